The Hall–Kier alpha value is -1.14. The Morgan fingerprint density at radius 3 is 2.58 bits per heavy atom. The number of amides is 1. The number of fused-ring (bicyclic) bond motifs is 1. The highest BCUT2D eigenvalue weighted by Gasteiger charge is 2.61. The van der Waals surface area contributed by atoms with Crippen LogP contribution < -0.4 is 0 Å². The van der Waals surface area contributed by atoms with Crippen molar-refractivity contribution in [2.24, 2.45) is 11.8 Å². The van der Waals surface area contributed by atoms with E-state index in [1.807, 2.05) is 0 Å². The van der Waals surface area contributed by atoms with Gasteiger partial charge in [-0.1, -0.05) is 0 Å². The van der Waals surface area contributed by atoms with E-state index >= 15 is 0 Å². The van der Waals surface area contributed by atoms with Gasteiger partial charge in [0.1, 0.15) is 6.10 Å². The van der Waals surface area contributed by atoms with Crippen molar-refractivity contribution in [2.75, 3.05) is 20.2 Å². The summed E-state index contributed by atoms with van der Waals surface area (Å²) in [6.45, 7) is 1.51. The van der Waals surface area contributed by atoms with Crippen LogP contribution in [0.25, 0.3) is 0 Å². The van der Waals surface area contributed by atoms with Crippen LogP contribution in [0.3, 0.4) is 0 Å². The van der Waals surface area contributed by atoms with Crippen LogP contribution in [0.2, 0.25) is 0 Å². The number of carbonyl (C=O) groups is 2. The first-order valence-corrected chi connectivity index (χ1v) is 6.83. The van der Waals surface area contributed by atoms with Crippen molar-refractivity contribution in [3.63, 3.8) is 0 Å². The molecule has 6 nitrogen and oxygen atoms in total. The molecule has 0 aromatic heterocycles. The summed E-state index contributed by atoms with van der Waals surface area (Å²) < 4.78 is 10.2. The van der Waals surface area contributed by atoms with E-state index in [0.717, 1.165) is 25.9 Å². The summed E-state index contributed by atoms with van der Waals surface area (Å²) in [5.41, 5.74) is 0. The molecule has 106 valence electrons. The van der Waals surface area contributed by atoms with Gasteiger partial charge in [-0.25, -0.2) is 0 Å². The summed E-state index contributed by atoms with van der Waals surface area (Å²) in [5.74, 6) is -1.52. The molecule has 19 heavy (non-hydrogen) atoms. The van der Waals surface area contributed by atoms with Gasteiger partial charge in [0.2, 0.25) is 5.91 Å². The monoisotopic (exact) mass is 269 g/mol. The lowest BCUT2D eigenvalue weighted by Crippen LogP contribution is -2.48. The molecule has 2 heterocycles. The molecule has 0 bridgehead atoms. The molecule has 5 atom stereocenters. The van der Waals surface area contributed by atoms with Gasteiger partial charge in [0.05, 0.1) is 31.2 Å². The molecule has 1 amide bonds. The average Bonchev–Trinajstić information content (AvgIpc) is 3.02. The van der Waals surface area contributed by atoms with Gasteiger partial charge in [-0.05, 0) is 19.3 Å². The number of aliphatic hydroxyl groups excluding tert-OH is 1. The third-order valence-electron chi connectivity index (χ3n) is 4.43. The summed E-state index contributed by atoms with van der Waals surface area (Å²) >= 11 is 0. The number of esters is 1. The molecular formula is C13H19NO5. The summed E-state index contributed by atoms with van der Waals surface area (Å²) in [6, 6.07) is 0. The largest absolute Gasteiger partial charge is 0.469 e. The first-order valence-electron chi connectivity index (χ1n) is 6.83. The predicted octanol–water partition coefficient (Wildman–Crippen LogP) is -0.454. The minimum absolute atomic E-state index is 0.0210. The van der Waals surface area contributed by atoms with Gasteiger partial charge in [-0.2, -0.15) is 0 Å². The quantitative estimate of drug-likeness (QED) is 0.542. The van der Waals surface area contributed by atoms with E-state index in [9.17, 15) is 14.7 Å². The van der Waals surface area contributed by atoms with Crippen LogP contribution in [0, 0.1) is 11.8 Å². The maximum Gasteiger partial charge on any atom is 0.309 e. The number of methoxy groups -OCH3 is 1. The number of epoxide rings is 1. The molecule has 1 aliphatic carbocycles. The maximum atomic E-state index is 12.5. The van der Waals surface area contributed by atoms with Gasteiger partial charge in [-0.15, -0.1) is 0 Å². The van der Waals surface area contributed by atoms with Crippen molar-refractivity contribution in [1.29, 1.82) is 0 Å². The first-order chi connectivity index (χ1) is 9.13. The van der Waals surface area contributed by atoms with Crippen molar-refractivity contribution in [1.82, 2.24) is 4.90 Å². The average molecular weight is 269 g/mol. The lowest BCUT2D eigenvalue weighted by atomic mass is 9.77. The smallest absolute Gasteiger partial charge is 0.309 e. The molecule has 1 saturated carbocycles. The van der Waals surface area contributed by atoms with Crippen LogP contribution in [0.5, 0.6) is 0 Å². The van der Waals surface area contributed by atoms with E-state index in [-0.39, 0.29) is 24.5 Å². The lowest BCUT2D eigenvalue weighted by Gasteiger charge is -2.31. The second kappa shape index (κ2) is 4.76. The van der Waals surface area contributed by atoms with E-state index in [1.54, 1.807) is 4.90 Å². The molecule has 0 radical (unpaired) electrons. The molecule has 0 unspecified atom stereocenters. The Kier molecular flexibility index (Phi) is 3.22. The number of ether oxygens (including phenoxy) is 2. The Bertz CT molecular complexity index is 392. The van der Waals surface area contributed by atoms with E-state index in [4.69, 9.17) is 9.47 Å². The summed E-state index contributed by atoms with van der Waals surface area (Å²) in [6.07, 6.45) is 1.01. The van der Waals surface area contributed by atoms with Crippen molar-refractivity contribution in [3.8, 4) is 0 Å². The Morgan fingerprint density at radius 1 is 1.26 bits per heavy atom. The van der Waals surface area contributed by atoms with Gasteiger partial charge < -0.3 is 19.5 Å². The third-order valence-corrected chi connectivity index (χ3v) is 4.43. The molecule has 3 aliphatic rings. The number of hydrogen-bond donors (Lipinski definition) is 1. The number of hydrogen-bond acceptors (Lipinski definition) is 5. The standard InChI is InChI=1S/C13H19NO5/c1-18-13(17)7-6-8(15)10-11(19-10)9(7)12(16)14-4-2-3-5-14/h7-11,15H,2-6H2,1H3/t7-,8-,9+,10-,11+/m1/s1. The van der Waals surface area contributed by atoms with Gasteiger partial charge >= 0.3 is 5.97 Å². The number of carbonyl (C=O) groups excluding carboxylic acids is 2. The zero-order valence-corrected chi connectivity index (χ0v) is 10.9. The Labute approximate surface area is 111 Å². The molecule has 2 saturated heterocycles. The number of aliphatic hydroxyl groups is 1. The fourth-order valence-corrected chi connectivity index (χ4v) is 3.36. The first kappa shape index (κ1) is 12.9. The number of nitrogens with zero attached hydrogens (tertiary/aromatic N) is 1. The Morgan fingerprint density at radius 2 is 1.95 bits per heavy atom. The summed E-state index contributed by atoms with van der Waals surface area (Å²) in [5, 5.41) is 9.84. The fourth-order valence-electron chi connectivity index (χ4n) is 3.36. The maximum absolute atomic E-state index is 12.5. The summed E-state index contributed by atoms with van der Waals surface area (Å²) in [7, 11) is 1.31. The minimum atomic E-state index is -0.670. The van der Waals surface area contributed by atoms with Crippen molar-refractivity contribution in [3.05, 3.63) is 0 Å². The van der Waals surface area contributed by atoms with Gasteiger partial charge in [0.25, 0.3) is 0 Å². The molecular weight excluding hydrogens is 250 g/mol. The van der Waals surface area contributed by atoms with E-state index in [2.05, 4.69) is 0 Å². The minimum Gasteiger partial charge on any atom is -0.469 e. The molecule has 1 N–H and O–H groups in total. The van der Waals surface area contributed by atoms with Crippen LogP contribution in [-0.4, -0.2) is 60.4 Å². The lowest BCUT2D eigenvalue weighted by molar-refractivity contribution is -0.155. The third kappa shape index (κ3) is 2.12. The number of rotatable bonds is 2. The second-order valence-electron chi connectivity index (χ2n) is 5.56. The van der Waals surface area contributed by atoms with Gasteiger partial charge in [0, 0.05) is 13.1 Å². The van der Waals surface area contributed by atoms with Gasteiger partial charge in [-0.3, -0.25) is 9.59 Å². The number of likely N-dealkylation sites (tertiary alicyclic amines) is 1. The predicted molar refractivity (Wildman–Crippen MR) is 64.1 cm³/mol. The molecule has 3 rings (SSSR count). The topological polar surface area (TPSA) is 79.4 Å². The second-order valence-corrected chi connectivity index (χ2v) is 5.56. The van der Waals surface area contributed by atoms with Crippen molar-refractivity contribution >= 4 is 11.9 Å². The molecule has 3 fully saturated rings. The van der Waals surface area contributed by atoms with Crippen LogP contribution in [0.4, 0.5) is 0 Å². The van der Waals surface area contributed by atoms with Crippen LogP contribution in [-0.2, 0) is 19.1 Å². The normalized spacial score (nSPS) is 40.7. The fraction of sp³-hybridized carbons (Fsp3) is 0.846. The highest BCUT2D eigenvalue weighted by atomic mass is 16.6. The Balaban J connectivity index is 1.79. The van der Waals surface area contributed by atoms with Crippen LogP contribution in [0.15, 0.2) is 0 Å². The molecule has 6 heteroatoms. The zero-order chi connectivity index (χ0) is 13.6. The highest BCUT2D eigenvalue weighted by molar-refractivity contribution is 5.87. The van der Waals surface area contributed by atoms with E-state index in [1.165, 1.54) is 7.11 Å². The van der Waals surface area contributed by atoms with Crippen molar-refractivity contribution < 1.29 is 24.2 Å². The van der Waals surface area contributed by atoms with E-state index in [0.29, 0.717) is 0 Å². The highest BCUT2D eigenvalue weighted by Crippen LogP contribution is 2.45. The zero-order valence-electron chi connectivity index (χ0n) is 10.9. The molecule has 0 aromatic rings. The van der Waals surface area contributed by atoms with Crippen LogP contribution >= 0.6 is 0 Å². The van der Waals surface area contributed by atoms with E-state index < -0.39 is 23.9 Å². The SMILES string of the molecule is COC(=O)[C@@H]1C[C@@H](O)[C@H]2O[C@H]2[C@H]1C(=O)N1CCCC1. The molecule has 0 aromatic carbocycles. The van der Waals surface area contributed by atoms with Gasteiger partial charge in [0.15, 0.2) is 0 Å². The molecule has 2 aliphatic heterocycles. The van der Waals surface area contributed by atoms with Crippen LogP contribution in [0.1, 0.15) is 19.3 Å². The molecule has 0 spiro atoms. The summed E-state index contributed by atoms with van der Waals surface area (Å²) in [4.78, 5) is 26.2. The van der Waals surface area contributed by atoms with Crippen molar-refractivity contribution in [2.45, 2.75) is 37.6 Å².